The lowest BCUT2D eigenvalue weighted by atomic mass is 10.1. The van der Waals surface area contributed by atoms with E-state index in [2.05, 4.69) is 39.8 Å². The molecule has 0 aliphatic carbocycles. The molecule has 0 fully saturated rings. The van der Waals surface area contributed by atoms with Crippen LogP contribution in [-0.4, -0.2) is 31.3 Å². The molecule has 23 heavy (non-hydrogen) atoms. The number of nitrogens with zero attached hydrogens (tertiary/aromatic N) is 2. The topological polar surface area (TPSA) is 71.7 Å². The normalized spacial score (nSPS) is 12.9. The van der Waals surface area contributed by atoms with Crippen LogP contribution in [0.4, 0.5) is 0 Å². The van der Waals surface area contributed by atoms with Crippen LogP contribution in [0.1, 0.15) is 30.7 Å². The second kappa shape index (κ2) is 9.63. The number of hydrogen-bond donors (Lipinski definition) is 2. The fourth-order valence-electron chi connectivity index (χ4n) is 2.08. The first-order valence-electron chi connectivity index (χ1n) is 7.80. The summed E-state index contributed by atoms with van der Waals surface area (Å²) in [7, 11) is 1.74. The molecule has 2 rings (SSSR count). The van der Waals surface area contributed by atoms with Gasteiger partial charge in [0.15, 0.2) is 5.96 Å². The molecular formula is C17H24N4O2. The first kappa shape index (κ1) is 17.0. The van der Waals surface area contributed by atoms with Crippen molar-refractivity contribution in [3.8, 4) is 0 Å². The Morgan fingerprint density at radius 2 is 2.09 bits per heavy atom. The van der Waals surface area contributed by atoms with Crippen LogP contribution >= 0.6 is 0 Å². The van der Waals surface area contributed by atoms with Crippen LogP contribution in [0.2, 0.25) is 0 Å². The van der Waals surface area contributed by atoms with Gasteiger partial charge in [0.25, 0.3) is 0 Å². The molecule has 124 valence electrons. The molecule has 1 aromatic heterocycles. The highest BCUT2D eigenvalue weighted by Gasteiger charge is 2.04. The van der Waals surface area contributed by atoms with Crippen molar-refractivity contribution in [3.05, 3.63) is 53.9 Å². The largest absolute Gasteiger partial charge is 0.374 e. The maximum Gasteiger partial charge on any atom is 0.191 e. The van der Waals surface area contributed by atoms with E-state index in [0.29, 0.717) is 13.2 Å². The highest BCUT2D eigenvalue weighted by Crippen LogP contribution is 2.15. The van der Waals surface area contributed by atoms with Crippen LogP contribution in [0.5, 0.6) is 0 Å². The molecular weight excluding hydrogens is 292 g/mol. The zero-order valence-corrected chi connectivity index (χ0v) is 13.7. The van der Waals surface area contributed by atoms with Gasteiger partial charge in [-0.2, -0.15) is 0 Å². The average Bonchev–Trinajstić information content (AvgIpc) is 3.11. The predicted molar refractivity (Wildman–Crippen MR) is 90.1 cm³/mol. The lowest BCUT2D eigenvalue weighted by Gasteiger charge is -2.14. The lowest BCUT2D eigenvalue weighted by molar-refractivity contribution is 0.0646. The fourth-order valence-corrected chi connectivity index (χ4v) is 2.08. The van der Waals surface area contributed by atoms with E-state index in [-0.39, 0.29) is 6.10 Å². The third-order valence-corrected chi connectivity index (χ3v) is 3.40. The summed E-state index contributed by atoms with van der Waals surface area (Å²) < 4.78 is 10.6. The predicted octanol–water partition coefficient (Wildman–Crippen LogP) is 2.51. The number of guanidine groups is 1. The molecule has 1 aromatic carbocycles. The van der Waals surface area contributed by atoms with Gasteiger partial charge in [-0.05, 0) is 18.9 Å². The first-order valence-corrected chi connectivity index (χ1v) is 7.80. The standard InChI is InChI=1S/C17H24N4O2/c1-14(15-7-4-3-5-8-15)22-11-6-10-19-17(18-2)20-13-16-9-12-23-21-16/h3-5,7-9,12,14H,6,10-11,13H2,1-2H3,(H2,18,19,20). The van der Waals surface area contributed by atoms with Gasteiger partial charge in [0, 0.05) is 26.3 Å². The Morgan fingerprint density at radius 3 is 2.78 bits per heavy atom. The summed E-state index contributed by atoms with van der Waals surface area (Å²) in [5.74, 6) is 0.740. The monoisotopic (exact) mass is 316 g/mol. The second-order valence-corrected chi connectivity index (χ2v) is 5.12. The van der Waals surface area contributed by atoms with Crippen molar-refractivity contribution in [3.63, 3.8) is 0 Å². The molecule has 0 saturated carbocycles. The lowest BCUT2D eigenvalue weighted by Crippen LogP contribution is -2.37. The van der Waals surface area contributed by atoms with E-state index in [1.165, 1.54) is 5.56 Å². The third-order valence-electron chi connectivity index (χ3n) is 3.40. The number of benzene rings is 1. The molecule has 0 aliphatic rings. The van der Waals surface area contributed by atoms with Crippen LogP contribution in [0.15, 0.2) is 52.2 Å². The number of nitrogens with one attached hydrogen (secondary N) is 2. The summed E-state index contributed by atoms with van der Waals surface area (Å²) >= 11 is 0. The summed E-state index contributed by atoms with van der Waals surface area (Å²) in [6.45, 7) is 4.14. The van der Waals surface area contributed by atoms with Crippen molar-refractivity contribution < 1.29 is 9.26 Å². The minimum Gasteiger partial charge on any atom is -0.374 e. The van der Waals surface area contributed by atoms with E-state index in [1.54, 1.807) is 13.3 Å². The Hall–Kier alpha value is -2.34. The molecule has 1 unspecified atom stereocenters. The fraction of sp³-hybridized carbons (Fsp3) is 0.412. The molecule has 1 heterocycles. The van der Waals surface area contributed by atoms with Gasteiger partial charge in [-0.3, -0.25) is 4.99 Å². The number of rotatable bonds is 8. The smallest absolute Gasteiger partial charge is 0.191 e. The Balaban J connectivity index is 1.58. The summed E-state index contributed by atoms with van der Waals surface area (Å²) in [5.41, 5.74) is 2.04. The van der Waals surface area contributed by atoms with Crippen molar-refractivity contribution >= 4 is 5.96 Å². The van der Waals surface area contributed by atoms with Gasteiger partial charge in [0.1, 0.15) is 12.0 Å². The van der Waals surface area contributed by atoms with Crippen LogP contribution in [0.25, 0.3) is 0 Å². The van der Waals surface area contributed by atoms with E-state index >= 15 is 0 Å². The third kappa shape index (κ3) is 6.12. The molecule has 1 atom stereocenters. The highest BCUT2D eigenvalue weighted by molar-refractivity contribution is 5.79. The SMILES string of the molecule is CN=C(NCCCOC(C)c1ccccc1)NCc1ccon1. The molecule has 0 saturated heterocycles. The molecule has 2 aromatic rings. The van der Waals surface area contributed by atoms with Crippen LogP contribution in [0.3, 0.4) is 0 Å². The number of hydrogen-bond acceptors (Lipinski definition) is 4. The maximum atomic E-state index is 5.84. The summed E-state index contributed by atoms with van der Waals surface area (Å²) in [5, 5.41) is 10.3. The van der Waals surface area contributed by atoms with E-state index in [0.717, 1.165) is 24.6 Å². The molecule has 0 aliphatic heterocycles. The van der Waals surface area contributed by atoms with Gasteiger partial charge in [-0.25, -0.2) is 0 Å². The van der Waals surface area contributed by atoms with Crippen molar-refractivity contribution in [2.45, 2.75) is 26.0 Å². The van der Waals surface area contributed by atoms with Crippen LogP contribution in [0, 0.1) is 0 Å². The summed E-state index contributed by atoms with van der Waals surface area (Å²) in [4.78, 5) is 4.16. The van der Waals surface area contributed by atoms with E-state index < -0.39 is 0 Å². The van der Waals surface area contributed by atoms with Gasteiger partial charge in [0.2, 0.25) is 0 Å². The molecule has 0 radical (unpaired) electrons. The quantitative estimate of drug-likeness (QED) is 0.445. The number of aliphatic imine (C=N–C) groups is 1. The van der Waals surface area contributed by atoms with Crippen molar-refractivity contribution in [2.75, 3.05) is 20.2 Å². The zero-order chi connectivity index (χ0) is 16.3. The van der Waals surface area contributed by atoms with Gasteiger partial charge in [0.05, 0.1) is 12.6 Å². The minimum absolute atomic E-state index is 0.112. The molecule has 2 N–H and O–H groups in total. The first-order chi connectivity index (χ1) is 11.3. The second-order valence-electron chi connectivity index (χ2n) is 5.12. The van der Waals surface area contributed by atoms with E-state index in [4.69, 9.17) is 9.26 Å². The molecule has 0 bridgehead atoms. The van der Waals surface area contributed by atoms with E-state index in [1.807, 2.05) is 24.3 Å². The van der Waals surface area contributed by atoms with Gasteiger partial charge >= 0.3 is 0 Å². The summed E-state index contributed by atoms with van der Waals surface area (Å²) in [6, 6.07) is 12.1. The van der Waals surface area contributed by atoms with E-state index in [9.17, 15) is 0 Å². The van der Waals surface area contributed by atoms with Crippen molar-refractivity contribution in [2.24, 2.45) is 4.99 Å². The van der Waals surface area contributed by atoms with Gasteiger partial charge in [-0.1, -0.05) is 35.5 Å². The van der Waals surface area contributed by atoms with Gasteiger partial charge < -0.3 is 19.9 Å². The zero-order valence-electron chi connectivity index (χ0n) is 13.7. The number of ether oxygens (including phenoxy) is 1. The Kier molecular flexibility index (Phi) is 7.13. The van der Waals surface area contributed by atoms with Crippen molar-refractivity contribution in [1.29, 1.82) is 0 Å². The average molecular weight is 316 g/mol. The Morgan fingerprint density at radius 1 is 1.26 bits per heavy atom. The maximum absolute atomic E-state index is 5.84. The van der Waals surface area contributed by atoms with Crippen LogP contribution in [-0.2, 0) is 11.3 Å². The van der Waals surface area contributed by atoms with Crippen LogP contribution < -0.4 is 10.6 Å². The van der Waals surface area contributed by atoms with Crippen molar-refractivity contribution in [1.82, 2.24) is 15.8 Å². The molecule has 6 nitrogen and oxygen atoms in total. The summed E-state index contributed by atoms with van der Waals surface area (Å²) in [6.07, 6.45) is 2.57. The Labute approximate surface area is 136 Å². The number of aromatic nitrogens is 1. The Bertz CT molecular complexity index is 570. The molecule has 6 heteroatoms. The molecule has 0 amide bonds. The van der Waals surface area contributed by atoms with Gasteiger partial charge in [-0.15, -0.1) is 0 Å². The molecule has 0 spiro atoms. The highest BCUT2D eigenvalue weighted by atomic mass is 16.5. The minimum atomic E-state index is 0.112.